The average Bonchev–Trinajstić information content (AvgIpc) is 2.93. The predicted octanol–water partition coefficient (Wildman–Crippen LogP) is 4.36. The molecule has 3 nitrogen and oxygen atoms in total. The van der Waals surface area contributed by atoms with Gasteiger partial charge in [-0.05, 0) is 23.3 Å². The Kier molecular flexibility index (Phi) is 3.99. The number of rotatable bonds is 3. The van der Waals surface area contributed by atoms with E-state index in [1.54, 1.807) is 0 Å². The molecule has 0 aliphatic carbocycles. The van der Waals surface area contributed by atoms with E-state index in [9.17, 15) is 0 Å². The molecule has 0 spiro atoms. The molecule has 21 heavy (non-hydrogen) atoms. The maximum absolute atomic E-state index is 6.25. The van der Waals surface area contributed by atoms with Crippen LogP contribution in [-0.2, 0) is 0 Å². The van der Waals surface area contributed by atoms with Gasteiger partial charge in [0.15, 0.2) is 0 Å². The van der Waals surface area contributed by atoms with Gasteiger partial charge < -0.3 is 5.73 Å². The van der Waals surface area contributed by atoms with Crippen molar-refractivity contribution in [2.45, 2.75) is 0 Å². The summed E-state index contributed by atoms with van der Waals surface area (Å²) in [6, 6.07) is 17.7. The minimum absolute atomic E-state index is 0.450. The minimum atomic E-state index is 0.450. The monoisotopic (exact) mass is 313 g/mol. The van der Waals surface area contributed by atoms with Crippen LogP contribution in [0.4, 0.5) is 5.13 Å². The van der Waals surface area contributed by atoms with Crippen LogP contribution in [0.1, 0.15) is 16.1 Å². The predicted molar refractivity (Wildman–Crippen MR) is 89.2 cm³/mol. The molecule has 2 aromatic carbocycles. The third-order valence-electron chi connectivity index (χ3n) is 2.96. The van der Waals surface area contributed by atoms with Crippen molar-refractivity contribution in [2.75, 3.05) is 5.73 Å². The normalized spacial score (nSPS) is 11.6. The zero-order chi connectivity index (χ0) is 14.7. The molecule has 0 unspecified atom stereocenters. The summed E-state index contributed by atoms with van der Waals surface area (Å²) in [5.74, 6) is 0. The van der Waals surface area contributed by atoms with E-state index in [4.69, 9.17) is 17.3 Å². The van der Waals surface area contributed by atoms with Crippen LogP contribution in [-0.4, -0.2) is 10.2 Å². The Bertz CT molecular complexity index is 781. The quantitative estimate of drug-likeness (QED) is 0.731. The number of nitrogens with zero attached hydrogens (tertiary/aromatic N) is 2. The number of nitrogens with two attached hydrogens (primary N) is 1. The van der Waals surface area contributed by atoms with Crippen molar-refractivity contribution in [2.24, 2.45) is 0 Å². The van der Waals surface area contributed by atoms with Crippen molar-refractivity contribution in [3.63, 3.8) is 0 Å². The summed E-state index contributed by atoms with van der Waals surface area (Å²) in [6.07, 6.45) is 2.01. The third-order valence-corrected chi connectivity index (χ3v) is 4.09. The SMILES string of the molecule is Nc1nnc(/C(=C/c2ccccc2Cl)c2ccccc2)s1. The molecule has 104 valence electrons. The Morgan fingerprint density at radius 3 is 2.38 bits per heavy atom. The molecule has 2 N–H and O–H groups in total. The van der Waals surface area contributed by atoms with Gasteiger partial charge in [-0.25, -0.2) is 0 Å². The standard InChI is InChI=1S/C16H12ClN3S/c17-14-9-5-4-8-12(14)10-13(11-6-2-1-3-7-11)15-19-20-16(18)21-15/h1-10H,(H2,18,20)/b13-10+. The molecule has 3 aromatic rings. The summed E-state index contributed by atoms with van der Waals surface area (Å²) in [5, 5.41) is 9.97. The lowest BCUT2D eigenvalue weighted by Gasteiger charge is -2.05. The van der Waals surface area contributed by atoms with Crippen LogP contribution in [0.3, 0.4) is 0 Å². The number of aromatic nitrogens is 2. The zero-order valence-corrected chi connectivity index (χ0v) is 12.6. The number of anilines is 1. The van der Waals surface area contributed by atoms with Crippen LogP contribution in [0.25, 0.3) is 11.6 Å². The molecule has 1 heterocycles. The van der Waals surface area contributed by atoms with E-state index in [2.05, 4.69) is 10.2 Å². The molecule has 0 radical (unpaired) electrons. The fourth-order valence-electron chi connectivity index (χ4n) is 1.98. The largest absolute Gasteiger partial charge is 0.374 e. The zero-order valence-electron chi connectivity index (χ0n) is 11.0. The van der Waals surface area contributed by atoms with E-state index in [-0.39, 0.29) is 0 Å². The topological polar surface area (TPSA) is 51.8 Å². The molecule has 0 aliphatic heterocycles. The van der Waals surface area contributed by atoms with Gasteiger partial charge in [0.1, 0.15) is 5.01 Å². The van der Waals surface area contributed by atoms with Crippen LogP contribution >= 0.6 is 22.9 Å². The van der Waals surface area contributed by atoms with E-state index in [1.807, 2.05) is 60.7 Å². The van der Waals surface area contributed by atoms with Gasteiger partial charge in [-0.1, -0.05) is 71.5 Å². The fourth-order valence-corrected chi connectivity index (χ4v) is 2.82. The van der Waals surface area contributed by atoms with Crippen LogP contribution in [0.15, 0.2) is 54.6 Å². The molecule has 1 aromatic heterocycles. The van der Waals surface area contributed by atoms with Crippen LogP contribution in [0, 0.1) is 0 Å². The van der Waals surface area contributed by atoms with E-state index >= 15 is 0 Å². The number of halogens is 1. The molecule has 3 rings (SSSR count). The molecule has 0 aliphatic rings. The number of nitrogen functional groups attached to an aromatic ring is 1. The lowest BCUT2D eigenvalue weighted by molar-refractivity contribution is 1.08. The Hall–Kier alpha value is -2.17. The Morgan fingerprint density at radius 1 is 1.00 bits per heavy atom. The van der Waals surface area contributed by atoms with Crippen molar-refractivity contribution in [1.82, 2.24) is 10.2 Å². The van der Waals surface area contributed by atoms with Gasteiger partial charge in [0, 0.05) is 10.6 Å². The van der Waals surface area contributed by atoms with Crippen LogP contribution < -0.4 is 5.73 Å². The van der Waals surface area contributed by atoms with E-state index in [1.165, 1.54) is 11.3 Å². The number of benzene rings is 2. The molecule has 0 atom stereocenters. The summed E-state index contributed by atoms with van der Waals surface area (Å²) < 4.78 is 0. The highest BCUT2D eigenvalue weighted by Crippen LogP contribution is 2.30. The van der Waals surface area contributed by atoms with Gasteiger partial charge in [-0.15, -0.1) is 10.2 Å². The minimum Gasteiger partial charge on any atom is -0.374 e. The highest BCUT2D eigenvalue weighted by atomic mass is 35.5. The van der Waals surface area contributed by atoms with E-state index in [0.717, 1.165) is 21.7 Å². The molecule has 0 amide bonds. The first-order valence-electron chi connectivity index (χ1n) is 6.35. The first-order valence-corrected chi connectivity index (χ1v) is 7.54. The highest BCUT2D eigenvalue weighted by molar-refractivity contribution is 7.16. The Balaban J connectivity index is 2.15. The van der Waals surface area contributed by atoms with Crippen molar-refractivity contribution in [3.8, 4) is 0 Å². The van der Waals surface area contributed by atoms with Crippen molar-refractivity contribution in [1.29, 1.82) is 0 Å². The summed E-state index contributed by atoms with van der Waals surface area (Å²) in [5.41, 5.74) is 8.65. The average molecular weight is 314 g/mol. The molecule has 0 bridgehead atoms. The number of hydrogen-bond acceptors (Lipinski definition) is 4. The smallest absolute Gasteiger partial charge is 0.203 e. The highest BCUT2D eigenvalue weighted by Gasteiger charge is 2.11. The van der Waals surface area contributed by atoms with Gasteiger partial charge in [0.2, 0.25) is 5.13 Å². The summed E-state index contributed by atoms with van der Waals surface area (Å²) in [6.45, 7) is 0. The van der Waals surface area contributed by atoms with Crippen molar-refractivity contribution in [3.05, 3.63) is 75.8 Å². The third kappa shape index (κ3) is 3.12. The van der Waals surface area contributed by atoms with Gasteiger partial charge in [-0.3, -0.25) is 0 Å². The lowest BCUT2D eigenvalue weighted by atomic mass is 10.0. The van der Waals surface area contributed by atoms with Gasteiger partial charge in [0.25, 0.3) is 0 Å². The van der Waals surface area contributed by atoms with Crippen LogP contribution in [0.2, 0.25) is 5.02 Å². The Morgan fingerprint density at radius 2 is 1.71 bits per heavy atom. The maximum Gasteiger partial charge on any atom is 0.203 e. The molecule has 5 heteroatoms. The lowest BCUT2D eigenvalue weighted by Crippen LogP contribution is -1.88. The fraction of sp³-hybridized carbons (Fsp3) is 0. The van der Waals surface area contributed by atoms with E-state index in [0.29, 0.717) is 10.2 Å². The summed E-state index contributed by atoms with van der Waals surface area (Å²) in [7, 11) is 0. The molecular weight excluding hydrogens is 302 g/mol. The first kappa shape index (κ1) is 13.8. The second-order valence-electron chi connectivity index (χ2n) is 4.39. The molecule has 0 saturated carbocycles. The second-order valence-corrected chi connectivity index (χ2v) is 5.81. The molecular formula is C16H12ClN3S. The van der Waals surface area contributed by atoms with E-state index < -0.39 is 0 Å². The summed E-state index contributed by atoms with van der Waals surface area (Å²) in [4.78, 5) is 0. The first-order chi connectivity index (χ1) is 10.2. The van der Waals surface area contributed by atoms with Gasteiger partial charge in [0.05, 0.1) is 0 Å². The van der Waals surface area contributed by atoms with Gasteiger partial charge in [-0.2, -0.15) is 0 Å². The molecule has 0 fully saturated rings. The summed E-state index contributed by atoms with van der Waals surface area (Å²) >= 11 is 7.61. The van der Waals surface area contributed by atoms with Crippen molar-refractivity contribution >= 4 is 39.7 Å². The maximum atomic E-state index is 6.25. The Labute approximate surface area is 131 Å². The second kappa shape index (κ2) is 6.08. The number of hydrogen-bond donors (Lipinski definition) is 1. The van der Waals surface area contributed by atoms with Gasteiger partial charge >= 0.3 is 0 Å². The molecule has 0 saturated heterocycles. The van der Waals surface area contributed by atoms with Crippen molar-refractivity contribution < 1.29 is 0 Å². The van der Waals surface area contributed by atoms with Crippen LogP contribution in [0.5, 0.6) is 0 Å².